The monoisotopic (exact) mass is 479 g/mol. The summed E-state index contributed by atoms with van der Waals surface area (Å²) in [4.78, 5) is 17.5. The highest BCUT2D eigenvalue weighted by atomic mass is 32.2. The summed E-state index contributed by atoms with van der Waals surface area (Å²) < 4.78 is 28.7. The maximum Gasteiger partial charge on any atom is 0.274 e. The first-order chi connectivity index (χ1) is 15.9. The summed E-state index contributed by atoms with van der Waals surface area (Å²) in [6.07, 6.45) is 3.66. The molecule has 2 aromatic heterocycles. The molecule has 33 heavy (non-hydrogen) atoms. The number of sulfonamides is 1. The van der Waals surface area contributed by atoms with Crippen LogP contribution in [0.5, 0.6) is 0 Å². The van der Waals surface area contributed by atoms with Crippen molar-refractivity contribution in [1.82, 2.24) is 10.5 Å². The molecule has 0 aliphatic heterocycles. The summed E-state index contributed by atoms with van der Waals surface area (Å²) in [6, 6.07) is 17.2. The van der Waals surface area contributed by atoms with Crippen LogP contribution in [0.4, 0.5) is 5.69 Å². The number of thiophene rings is 1. The van der Waals surface area contributed by atoms with Crippen molar-refractivity contribution in [3.63, 3.8) is 0 Å². The minimum atomic E-state index is -3.86. The zero-order valence-electron chi connectivity index (χ0n) is 17.6. The normalized spacial score (nSPS) is 11.2. The number of benzene rings is 2. The summed E-state index contributed by atoms with van der Waals surface area (Å²) >= 11 is 1.58. The van der Waals surface area contributed by atoms with E-state index in [-0.39, 0.29) is 10.5 Å². The molecule has 0 spiro atoms. The first kappa shape index (κ1) is 22.7. The molecule has 0 aliphatic carbocycles. The molecule has 2 aromatic carbocycles. The quantitative estimate of drug-likeness (QED) is 0.265. The van der Waals surface area contributed by atoms with E-state index in [0.717, 1.165) is 16.0 Å². The lowest BCUT2D eigenvalue weighted by molar-refractivity contribution is 0.0705. The summed E-state index contributed by atoms with van der Waals surface area (Å²) in [5, 5.41) is 11.1. The van der Waals surface area contributed by atoms with E-state index in [0.29, 0.717) is 23.2 Å². The number of pyridine rings is 1. The zero-order valence-corrected chi connectivity index (χ0v) is 19.3. The lowest BCUT2D eigenvalue weighted by Gasteiger charge is -2.17. The van der Waals surface area contributed by atoms with Crippen molar-refractivity contribution in [3.05, 3.63) is 101 Å². The predicted octanol–water partition coefficient (Wildman–Crippen LogP) is 4.63. The Labute approximate surface area is 195 Å². The molecule has 0 saturated carbocycles. The van der Waals surface area contributed by atoms with Gasteiger partial charge in [-0.15, -0.1) is 11.3 Å². The van der Waals surface area contributed by atoms with E-state index in [1.807, 2.05) is 23.6 Å². The number of carbonyl (C=O) groups excluding carboxylic acids is 1. The van der Waals surface area contributed by atoms with Crippen LogP contribution >= 0.6 is 11.3 Å². The van der Waals surface area contributed by atoms with Crippen molar-refractivity contribution in [3.8, 4) is 10.4 Å². The van der Waals surface area contributed by atoms with E-state index in [2.05, 4.69) is 9.71 Å². The number of anilines is 1. The Balaban J connectivity index is 1.67. The van der Waals surface area contributed by atoms with Gasteiger partial charge in [0.1, 0.15) is 0 Å². The molecule has 4 rings (SSSR count). The van der Waals surface area contributed by atoms with E-state index < -0.39 is 15.9 Å². The van der Waals surface area contributed by atoms with Crippen LogP contribution in [0, 0.1) is 6.92 Å². The van der Waals surface area contributed by atoms with Crippen molar-refractivity contribution in [2.75, 3.05) is 4.72 Å². The molecule has 0 fully saturated rings. The van der Waals surface area contributed by atoms with E-state index in [1.54, 1.807) is 66.5 Å². The van der Waals surface area contributed by atoms with Gasteiger partial charge in [-0.1, -0.05) is 24.3 Å². The fourth-order valence-electron chi connectivity index (χ4n) is 3.52. The lowest BCUT2D eigenvalue weighted by atomic mass is 9.94. The molecule has 3 N–H and O–H groups in total. The fourth-order valence-corrected chi connectivity index (χ4v) is 5.38. The maximum atomic E-state index is 13.1. The number of carbonyl (C=O) groups is 1. The summed E-state index contributed by atoms with van der Waals surface area (Å²) in [7, 11) is -3.86. The number of nitrogens with one attached hydrogen (secondary N) is 2. The SMILES string of the molecule is Cc1c(NS(=O)(=O)c2ccc(-c3cccs3)cc2)ccc(C(=O)NO)c1Cc1cccnc1. The molecule has 0 bridgehead atoms. The summed E-state index contributed by atoms with van der Waals surface area (Å²) in [5.41, 5.74) is 5.21. The highest BCUT2D eigenvalue weighted by molar-refractivity contribution is 7.92. The van der Waals surface area contributed by atoms with E-state index in [4.69, 9.17) is 5.21 Å². The van der Waals surface area contributed by atoms with Gasteiger partial charge in [0.25, 0.3) is 15.9 Å². The first-order valence-electron chi connectivity index (χ1n) is 10.0. The average Bonchev–Trinajstić information content (AvgIpc) is 3.37. The number of nitrogens with zero attached hydrogens (tertiary/aromatic N) is 1. The number of hydrogen-bond acceptors (Lipinski definition) is 6. The number of hydrogen-bond donors (Lipinski definition) is 3. The van der Waals surface area contributed by atoms with Gasteiger partial charge in [0.05, 0.1) is 10.6 Å². The van der Waals surface area contributed by atoms with Crippen molar-refractivity contribution < 1.29 is 18.4 Å². The van der Waals surface area contributed by atoms with Crippen LogP contribution in [-0.4, -0.2) is 24.5 Å². The second-order valence-electron chi connectivity index (χ2n) is 7.35. The van der Waals surface area contributed by atoms with Crippen LogP contribution in [0.25, 0.3) is 10.4 Å². The molecule has 9 heteroatoms. The molecule has 0 radical (unpaired) electrons. The molecule has 0 aliphatic rings. The molecule has 0 saturated heterocycles. The standard InChI is InChI=1S/C24H21N3O4S2/c1-16-21(14-17-4-2-12-25-15-17)20(24(28)26-29)10-11-22(16)27-33(30,31)19-8-6-18(7-9-19)23-5-3-13-32-23/h2-13,15,27,29H,14H2,1H3,(H,26,28). The van der Waals surface area contributed by atoms with Crippen LogP contribution in [0.2, 0.25) is 0 Å². The lowest BCUT2D eigenvalue weighted by Crippen LogP contribution is -2.22. The Hall–Kier alpha value is -3.53. The molecule has 0 unspecified atom stereocenters. The Bertz CT molecular complexity index is 1370. The minimum absolute atomic E-state index is 0.133. The van der Waals surface area contributed by atoms with E-state index >= 15 is 0 Å². The van der Waals surface area contributed by atoms with Crippen LogP contribution in [0.1, 0.15) is 27.0 Å². The van der Waals surface area contributed by atoms with Gasteiger partial charge in [-0.05, 0) is 71.0 Å². The second-order valence-corrected chi connectivity index (χ2v) is 9.98. The Morgan fingerprint density at radius 2 is 1.85 bits per heavy atom. The van der Waals surface area contributed by atoms with E-state index in [9.17, 15) is 13.2 Å². The van der Waals surface area contributed by atoms with E-state index in [1.165, 1.54) is 12.1 Å². The largest absolute Gasteiger partial charge is 0.288 e. The number of amides is 1. The molecule has 1 amide bonds. The first-order valence-corrected chi connectivity index (χ1v) is 12.4. The highest BCUT2D eigenvalue weighted by Gasteiger charge is 2.20. The molecular formula is C24H21N3O4S2. The van der Waals surface area contributed by atoms with Gasteiger partial charge in [0, 0.05) is 29.3 Å². The fraction of sp³-hybridized carbons (Fsp3) is 0.0833. The molecule has 7 nitrogen and oxygen atoms in total. The average molecular weight is 480 g/mol. The molecule has 168 valence electrons. The van der Waals surface area contributed by atoms with Crippen LogP contribution in [0.3, 0.4) is 0 Å². The summed E-state index contributed by atoms with van der Waals surface area (Å²) in [6.45, 7) is 1.73. The van der Waals surface area contributed by atoms with Gasteiger partial charge in [0.2, 0.25) is 0 Å². The van der Waals surface area contributed by atoms with Crippen molar-refractivity contribution in [1.29, 1.82) is 0 Å². The van der Waals surface area contributed by atoms with Crippen molar-refractivity contribution in [2.45, 2.75) is 18.2 Å². The maximum absolute atomic E-state index is 13.1. The molecule has 0 atom stereocenters. The predicted molar refractivity (Wildman–Crippen MR) is 128 cm³/mol. The smallest absolute Gasteiger partial charge is 0.274 e. The molecule has 2 heterocycles. The van der Waals surface area contributed by atoms with Gasteiger partial charge in [-0.3, -0.25) is 19.7 Å². The zero-order chi connectivity index (χ0) is 23.4. The Morgan fingerprint density at radius 1 is 1.06 bits per heavy atom. The van der Waals surface area contributed by atoms with Gasteiger partial charge in [-0.25, -0.2) is 13.9 Å². The van der Waals surface area contributed by atoms with Crippen molar-refractivity contribution in [2.24, 2.45) is 0 Å². The van der Waals surface area contributed by atoms with Gasteiger partial charge in [0.15, 0.2) is 0 Å². The van der Waals surface area contributed by atoms with Crippen LogP contribution in [0.15, 0.2) is 83.3 Å². The highest BCUT2D eigenvalue weighted by Crippen LogP contribution is 2.29. The van der Waals surface area contributed by atoms with Gasteiger partial charge < -0.3 is 0 Å². The topological polar surface area (TPSA) is 108 Å². The Morgan fingerprint density at radius 3 is 2.48 bits per heavy atom. The molecular weight excluding hydrogens is 458 g/mol. The van der Waals surface area contributed by atoms with Gasteiger partial charge in [-0.2, -0.15) is 0 Å². The minimum Gasteiger partial charge on any atom is -0.288 e. The van der Waals surface area contributed by atoms with Crippen LogP contribution in [-0.2, 0) is 16.4 Å². The third-order valence-electron chi connectivity index (χ3n) is 5.26. The van der Waals surface area contributed by atoms with Crippen LogP contribution < -0.4 is 10.2 Å². The number of aromatic nitrogens is 1. The third-order valence-corrected chi connectivity index (χ3v) is 7.56. The number of rotatable bonds is 7. The second kappa shape index (κ2) is 9.53. The third kappa shape index (κ3) is 4.95. The van der Waals surface area contributed by atoms with Crippen molar-refractivity contribution >= 4 is 33.0 Å². The summed E-state index contributed by atoms with van der Waals surface area (Å²) in [5.74, 6) is -0.671. The molecule has 4 aromatic rings. The van der Waals surface area contributed by atoms with Gasteiger partial charge >= 0.3 is 0 Å². The number of hydroxylamine groups is 1. The Kier molecular flexibility index (Phi) is 6.55.